The Morgan fingerprint density at radius 1 is 1.10 bits per heavy atom. The molecule has 9 nitrogen and oxygen atoms in total. The Balaban J connectivity index is 1.60. The van der Waals surface area contributed by atoms with Crippen molar-refractivity contribution >= 4 is 5.65 Å². The summed E-state index contributed by atoms with van der Waals surface area (Å²) in [6.45, 7) is 0.162. The molecule has 0 saturated heterocycles. The van der Waals surface area contributed by atoms with E-state index in [1.54, 1.807) is 18.3 Å². The summed E-state index contributed by atoms with van der Waals surface area (Å²) in [5, 5.41) is 7.99. The summed E-state index contributed by atoms with van der Waals surface area (Å²) in [5.74, 6) is 0.225. The van der Waals surface area contributed by atoms with Gasteiger partial charge in [-0.1, -0.05) is 17.3 Å². The van der Waals surface area contributed by atoms with Crippen molar-refractivity contribution < 1.29 is 27.2 Å². The van der Waals surface area contributed by atoms with Gasteiger partial charge in [0.1, 0.15) is 18.9 Å². The predicted molar refractivity (Wildman–Crippen MR) is 95.7 cm³/mol. The molecule has 0 spiro atoms. The molecule has 0 radical (unpaired) electrons. The normalized spacial score (nSPS) is 11.9. The highest BCUT2D eigenvalue weighted by Gasteiger charge is 2.31. The fourth-order valence-corrected chi connectivity index (χ4v) is 2.81. The summed E-state index contributed by atoms with van der Waals surface area (Å²) in [6, 6.07) is 8.67. The van der Waals surface area contributed by atoms with Crippen LogP contribution in [0.2, 0.25) is 0 Å². The number of aromatic nitrogens is 5. The Morgan fingerprint density at radius 2 is 1.83 bits per heavy atom. The zero-order valence-electron chi connectivity index (χ0n) is 15.5. The summed E-state index contributed by atoms with van der Waals surface area (Å²) in [4.78, 5) is 16.8. The minimum Gasteiger partial charge on any atom is -0.406 e. The van der Waals surface area contributed by atoms with Gasteiger partial charge in [0, 0.05) is 13.3 Å². The number of benzene rings is 1. The number of nitrogens with zero attached hydrogens (tertiary/aromatic N) is 5. The van der Waals surface area contributed by atoms with Crippen molar-refractivity contribution in [3.8, 4) is 16.9 Å². The SMILES string of the molecule is COCc1nc(Cn2nc3ccc(-c4ccc(OC(F)(F)F)cc4)cn3c2=O)no1. The van der Waals surface area contributed by atoms with Crippen LogP contribution in [0.25, 0.3) is 16.8 Å². The summed E-state index contributed by atoms with van der Waals surface area (Å²) < 4.78 is 53.1. The van der Waals surface area contributed by atoms with E-state index < -0.39 is 12.1 Å². The van der Waals surface area contributed by atoms with E-state index >= 15 is 0 Å². The van der Waals surface area contributed by atoms with Crippen LogP contribution in [0.4, 0.5) is 13.2 Å². The second-order valence-corrected chi connectivity index (χ2v) is 6.20. The highest BCUT2D eigenvalue weighted by molar-refractivity contribution is 5.65. The van der Waals surface area contributed by atoms with Crippen LogP contribution in [0, 0.1) is 0 Å². The number of methoxy groups -OCH3 is 1. The number of hydrogen-bond donors (Lipinski definition) is 0. The van der Waals surface area contributed by atoms with Crippen LogP contribution in [0.5, 0.6) is 5.75 Å². The molecule has 4 aromatic rings. The van der Waals surface area contributed by atoms with Gasteiger partial charge in [-0.05, 0) is 35.4 Å². The van der Waals surface area contributed by atoms with Crippen molar-refractivity contribution in [1.82, 2.24) is 24.3 Å². The molecule has 3 aromatic heterocycles. The van der Waals surface area contributed by atoms with Gasteiger partial charge in [-0.2, -0.15) is 4.98 Å². The molecule has 0 saturated carbocycles. The van der Waals surface area contributed by atoms with Crippen LogP contribution in [-0.2, 0) is 17.9 Å². The lowest BCUT2D eigenvalue weighted by Crippen LogP contribution is -2.22. The van der Waals surface area contributed by atoms with E-state index in [0.717, 1.165) is 0 Å². The second kappa shape index (κ2) is 7.63. The van der Waals surface area contributed by atoms with Gasteiger partial charge in [-0.25, -0.2) is 13.9 Å². The standard InChI is InChI=1S/C18H14F3N5O4/c1-28-10-16-22-14(24-30-16)9-26-17(27)25-8-12(4-7-15(25)23-26)11-2-5-13(6-3-11)29-18(19,20)21/h2-8H,9-10H2,1H3. The average Bonchev–Trinajstić information content (AvgIpc) is 3.26. The molecule has 0 bridgehead atoms. The number of hydrogen-bond acceptors (Lipinski definition) is 7. The van der Waals surface area contributed by atoms with Gasteiger partial charge >= 0.3 is 12.1 Å². The first-order chi connectivity index (χ1) is 14.3. The van der Waals surface area contributed by atoms with Crippen LogP contribution in [0.3, 0.4) is 0 Å². The summed E-state index contributed by atoms with van der Waals surface area (Å²) >= 11 is 0. The first kappa shape index (κ1) is 19.6. The maximum absolute atomic E-state index is 12.7. The highest BCUT2D eigenvalue weighted by Crippen LogP contribution is 2.26. The van der Waals surface area contributed by atoms with Crippen LogP contribution in [0.1, 0.15) is 11.7 Å². The van der Waals surface area contributed by atoms with E-state index in [0.29, 0.717) is 16.8 Å². The number of ether oxygens (including phenoxy) is 2. The molecule has 12 heteroatoms. The van der Waals surface area contributed by atoms with E-state index in [4.69, 9.17) is 9.26 Å². The predicted octanol–water partition coefficient (Wildman–Crippen LogP) is 2.64. The molecule has 0 atom stereocenters. The van der Waals surface area contributed by atoms with Gasteiger partial charge in [0.15, 0.2) is 11.5 Å². The smallest absolute Gasteiger partial charge is 0.406 e. The zero-order valence-corrected chi connectivity index (χ0v) is 15.5. The maximum atomic E-state index is 12.7. The lowest BCUT2D eigenvalue weighted by atomic mass is 10.1. The Bertz CT molecular complexity index is 1230. The molecule has 4 rings (SSSR count). The molecule has 0 amide bonds. The van der Waals surface area contributed by atoms with Gasteiger partial charge in [0.2, 0.25) is 0 Å². The highest BCUT2D eigenvalue weighted by atomic mass is 19.4. The molecule has 3 heterocycles. The Labute approximate surface area is 166 Å². The van der Waals surface area contributed by atoms with Gasteiger partial charge < -0.3 is 14.0 Å². The van der Waals surface area contributed by atoms with Gasteiger partial charge in [-0.3, -0.25) is 0 Å². The van der Waals surface area contributed by atoms with Crippen molar-refractivity contribution in [1.29, 1.82) is 0 Å². The van der Waals surface area contributed by atoms with E-state index in [9.17, 15) is 18.0 Å². The van der Waals surface area contributed by atoms with Crippen LogP contribution >= 0.6 is 0 Å². The monoisotopic (exact) mass is 421 g/mol. The lowest BCUT2D eigenvalue weighted by molar-refractivity contribution is -0.274. The maximum Gasteiger partial charge on any atom is 0.573 e. The third-order valence-electron chi connectivity index (χ3n) is 4.07. The summed E-state index contributed by atoms with van der Waals surface area (Å²) in [7, 11) is 1.49. The minimum atomic E-state index is -4.76. The number of pyridine rings is 1. The molecular formula is C18H14F3N5O4. The molecule has 0 aliphatic rings. The fourth-order valence-electron chi connectivity index (χ4n) is 2.81. The molecule has 30 heavy (non-hydrogen) atoms. The number of rotatable bonds is 6. The molecular weight excluding hydrogens is 407 g/mol. The van der Waals surface area contributed by atoms with E-state index in [1.165, 1.54) is 40.5 Å². The first-order valence-corrected chi connectivity index (χ1v) is 8.58. The van der Waals surface area contributed by atoms with Gasteiger partial charge in [0.25, 0.3) is 5.89 Å². The quantitative estimate of drug-likeness (QED) is 0.472. The van der Waals surface area contributed by atoms with Crippen LogP contribution < -0.4 is 10.4 Å². The topological polar surface area (TPSA) is 96.7 Å². The largest absolute Gasteiger partial charge is 0.573 e. The van der Waals surface area contributed by atoms with Crippen molar-refractivity contribution in [2.24, 2.45) is 0 Å². The average molecular weight is 421 g/mol. The molecule has 1 aromatic carbocycles. The molecule has 0 N–H and O–H groups in total. The van der Waals surface area contributed by atoms with Gasteiger partial charge in [-0.15, -0.1) is 18.3 Å². The molecule has 0 fully saturated rings. The zero-order chi connectivity index (χ0) is 21.3. The fraction of sp³-hybridized carbons (Fsp3) is 0.222. The van der Waals surface area contributed by atoms with E-state index in [-0.39, 0.29) is 30.6 Å². The third-order valence-corrected chi connectivity index (χ3v) is 4.07. The van der Waals surface area contributed by atoms with Crippen molar-refractivity contribution in [3.05, 3.63) is 64.8 Å². The minimum absolute atomic E-state index is 0.00649. The summed E-state index contributed by atoms with van der Waals surface area (Å²) in [6.07, 6.45) is -3.21. The van der Waals surface area contributed by atoms with E-state index in [2.05, 4.69) is 20.0 Å². The second-order valence-electron chi connectivity index (χ2n) is 6.20. The summed E-state index contributed by atoms with van der Waals surface area (Å²) in [5.41, 5.74) is 1.18. The van der Waals surface area contributed by atoms with Crippen molar-refractivity contribution in [2.45, 2.75) is 19.5 Å². The van der Waals surface area contributed by atoms with Crippen molar-refractivity contribution in [3.63, 3.8) is 0 Å². The first-order valence-electron chi connectivity index (χ1n) is 8.58. The molecule has 0 aliphatic heterocycles. The molecule has 0 unspecified atom stereocenters. The van der Waals surface area contributed by atoms with E-state index in [1.807, 2.05) is 0 Å². The molecule has 156 valence electrons. The molecule has 0 aliphatic carbocycles. The lowest BCUT2D eigenvalue weighted by Gasteiger charge is -2.09. The van der Waals surface area contributed by atoms with Gasteiger partial charge in [0.05, 0.1) is 0 Å². The Kier molecular flexibility index (Phi) is 4.99. The Hall–Kier alpha value is -3.67. The number of fused-ring (bicyclic) bond motifs is 1. The third kappa shape index (κ3) is 4.17. The number of halogens is 3. The van der Waals surface area contributed by atoms with Crippen molar-refractivity contribution in [2.75, 3.05) is 7.11 Å². The Morgan fingerprint density at radius 3 is 2.53 bits per heavy atom. The van der Waals surface area contributed by atoms with Crippen LogP contribution in [0.15, 0.2) is 51.9 Å². The van der Waals surface area contributed by atoms with Crippen LogP contribution in [-0.4, -0.2) is 37.8 Å². The number of alkyl halides is 3.